The zero-order chi connectivity index (χ0) is 14.9. The number of aliphatic hydroxyl groups excluding tert-OH is 1. The monoisotopic (exact) mass is 277 g/mol. The van der Waals surface area contributed by atoms with Crippen molar-refractivity contribution in [3.05, 3.63) is 29.5 Å². The summed E-state index contributed by atoms with van der Waals surface area (Å²) in [5.41, 5.74) is 1.43. The van der Waals surface area contributed by atoms with Gasteiger partial charge in [-0.3, -0.25) is 4.79 Å². The molecule has 2 aromatic rings. The Morgan fingerprint density at radius 2 is 2.20 bits per heavy atom. The van der Waals surface area contributed by atoms with Gasteiger partial charge in [-0.1, -0.05) is 0 Å². The Morgan fingerprint density at radius 1 is 1.50 bits per heavy atom. The molecule has 1 unspecified atom stereocenters. The van der Waals surface area contributed by atoms with E-state index in [1.54, 1.807) is 33.2 Å². The van der Waals surface area contributed by atoms with Crippen molar-refractivity contribution >= 4 is 16.9 Å². The predicted octanol–water partition coefficient (Wildman–Crippen LogP) is 2.20. The molecule has 108 valence electrons. The number of hydrogen-bond donors (Lipinski definition) is 1. The maximum Gasteiger partial charge on any atom is 0.289 e. The van der Waals surface area contributed by atoms with Crippen molar-refractivity contribution in [2.45, 2.75) is 19.9 Å². The highest BCUT2D eigenvalue weighted by Crippen LogP contribution is 2.29. The number of likely N-dealkylation sites (N-methyl/N-ethyl adjacent to an activating group) is 1. The van der Waals surface area contributed by atoms with E-state index in [1.165, 1.54) is 4.90 Å². The number of carbonyl (C=O) groups is 1. The zero-order valence-electron chi connectivity index (χ0n) is 12.1. The lowest BCUT2D eigenvalue weighted by Gasteiger charge is -2.22. The quantitative estimate of drug-likeness (QED) is 0.930. The minimum absolute atomic E-state index is 0.0880. The molecule has 5 heteroatoms. The van der Waals surface area contributed by atoms with E-state index < -0.39 is 0 Å². The molecule has 1 heterocycles. The Labute approximate surface area is 117 Å². The molecular weight excluding hydrogens is 258 g/mol. The van der Waals surface area contributed by atoms with E-state index in [0.717, 1.165) is 16.7 Å². The van der Waals surface area contributed by atoms with Gasteiger partial charge in [0.05, 0.1) is 19.8 Å². The molecule has 20 heavy (non-hydrogen) atoms. The van der Waals surface area contributed by atoms with Gasteiger partial charge in [0, 0.05) is 18.0 Å². The van der Waals surface area contributed by atoms with E-state index in [4.69, 9.17) is 14.3 Å². The Morgan fingerprint density at radius 3 is 2.80 bits per heavy atom. The molecule has 1 aromatic carbocycles. The summed E-state index contributed by atoms with van der Waals surface area (Å²) in [5.74, 6) is 0.785. The third-order valence-electron chi connectivity index (χ3n) is 3.58. The largest absolute Gasteiger partial charge is 0.497 e. The average molecular weight is 277 g/mol. The second-order valence-electron chi connectivity index (χ2n) is 4.87. The second kappa shape index (κ2) is 5.54. The molecule has 1 aromatic heterocycles. The minimum Gasteiger partial charge on any atom is -0.497 e. The van der Waals surface area contributed by atoms with Crippen LogP contribution in [0.5, 0.6) is 5.75 Å². The van der Waals surface area contributed by atoms with Gasteiger partial charge in [0.15, 0.2) is 5.76 Å². The molecule has 1 amide bonds. The first-order valence-corrected chi connectivity index (χ1v) is 6.44. The van der Waals surface area contributed by atoms with Crippen LogP contribution in [-0.4, -0.2) is 42.7 Å². The summed E-state index contributed by atoms with van der Waals surface area (Å²) in [6, 6.07) is 5.16. The van der Waals surface area contributed by atoms with E-state index in [9.17, 15) is 4.79 Å². The molecule has 0 aliphatic rings. The molecule has 5 nitrogen and oxygen atoms in total. The molecule has 0 bridgehead atoms. The van der Waals surface area contributed by atoms with Crippen molar-refractivity contribution in [1.82, 2.24) is 4.90 Å². The van der Waals surface area contributed by atoms with Gasteiger partial charge in [-0.05, 0) is 32.0 Å². The van der Waals surface area contributed by atoms with Crippen LogP contribution in [0.15, 0.2) is 22.6 Å². The van der Waals surface area contributed by atoms with Crippen molar-refractivity contribution in [3.63, 3.8) is 0 Å². The van der Waals surface area contributed by atoms with Crippen LogP contribution in [0.2, 0.25) is 0 Å². The number of benzene rings is 1. The van der Waals surface area contributed by atoms with E-state index in [1.807, 2.05) is 13.0 Å². The van der Waals surface area contributed by atoms with E-state index in [2.05, 4.69) is 0 Å². The molecular formula is C15H19NO4. The fraction of sp³-hybridized carbons (Fsp3) is 0.400. The Kier molecular flexibility index (Phi) is 3.99. The number of methoxy groups -OCH3 is 1. The summed E-state index contributed by atoms with van der Waals surface area (Å²) >= 11 is 0. The van der Waals surface area contributed by atoms with E-state index >= 15 is 0 Å². The Balaban J connectivity index is 2.45. The molecule has 1 atom stereocenters. The highest BCUT2D eigenvalue weighted by molar-refractivity contribution is 5.99. The van der Waals surface area contributed by atoms with Crippen molar-refractivity contribution in [2.75, 3.05) is 20.8 Å². The molecule has 0 saturated carbocycles. The smallest absolute Gasteiger partial charge is 0.289 e. The number of amides is 1. The topological polar surface area (TPSA) is 62.9 Å². The first-order chi connectivity index (χ1) is 9.49. The third kappa shape index (κ3) is 2.36. The van der Waals surface area contributed by atoms with Crippen molar-refractivity contribution in [1.29, 1.82) is 0 Å². The molecule has 0 radical (unpaired) electrons. The summed E-state index contributed by atoms with van der Waals surface area (Å²) in [5, 5.41) is 10.00. The zero-order valence-corrected chi connectivity index (χ0v) is 12.1. The van der Waals surface area contributed by atoms with Crippen LogP contribution in [0.4, 0.5) is 0 Å². The standard InChI is InChI=1S/C15H19NO4/c1-9(8-17)16(3)15(18)14-10(2)12-7-11(19-4)5-6-13(12)20-14/h5-7,9,17H,8H2,1-4H3. The number of ether oxygens (including phenoxy) is 1. The minimum atomic E-state index is -0.260. The molecule has 1 N–H and O–H groups in total. The van der Waals surface area contributed by atoms with Gasteiger partial charge in [-0.25, -0.2) is 0 Å². The van der Waals surface area contributed by atoms with Crippen LogP contribution in [0.3, 0.4) is 0 Å². The van der Waals surface area contributed by atoms with Gasteiger partial charge < -0.3 is 19.2 Å². The lowest BCUT2D eigenvalue weighted by molar-refractivity contribution is 0.0652. The third-order valence-corrected chi connectivity index (χ3v) is 3.58. The van der Waals surface area contributed by atoms with Crippen LogP contribution in [0.1, 0.15) is 23.0 Å². The van der Waals surface area contributed by atoms with Crippen molar-refractivity contribution in [3.8, 4) is 5.75 Å². The Bertz CT molecular complexity index is 632. The maximum atomic E-state index is 12.4. The number of hydrogen-bond acceptors (Lipinski definition) is 4. The molecule has 2 rings (SSSR count). The lowest BCUT2D eigenvalue weighted by atomic mass is 10.1. The van der Waals surface area contributed by atoms with Crippen LogP contribution >= 0.6 is 0 Å². The summed E-state index contributed by atoms with van der Waals surface area (Å²) in [7, 11) is 3.25. The summed E-state index contributed by atoms with van der Waals surface area (Å²) in [4.78, 5) is 13.9. The molecule has 0 spiro atoms. The number of nitrogens with zero attached hydrogens (tertiary/aromatic N) is 1. The van der Waals surface area contributed by atoms with Gasteiger partial charge in [0.2, 0.25) is 0 Å². The van der Waals surface area contributed by atoms with Gasteiger partial charge >= 0.3 is 0 Å². The van der Waals surface area contributed by atoms with Crippen LogP contribution in [0, 0.1) is 6.92 Å². The maximum absolute atomic E-state index is 12.4. The summed E-state index contributed by atoms with van der Waals surface area (Å²) in [6.45, 7) is 3.53. The van der Waals surface area contributed by atoms with E-state index in [-0.39, 0.29) is 18.6 Å². The number of fused-ring (bicyclic) bond motifs is 1. The van der Waals surface area contributed by atoms with Crippen LogP contribution in [-0.2, 0) is 0 Å². The van der Waals surface area contributed by atoms with E-state index in [0.29, 0.717) is 11.3 Å². The first kappa shape index (κ1) is 14.4. The normalized spacial score (nSPS) is 12.4. The van der Waals surface area contributed by atoms with Gasteiger partial charge in [0.1, 0.15) is 11.3 Å². The fourth-order valence-electron chi connectivity index (χ4n) is 2.01. The van der Waals surface area contributed by atoms with Crippen LogP contribution in [0.25, 0.3) is 11.0 Å². The molecule has 0 aliphatic carbocycles. The SMILES string of the molecule is COc1ccc2oc(C(=O)N(C)C(C)CO)c(C)c2c1. The average Bonchev–Trinajstić information content (AvgIpc) is 2.81. The second-order valence-corrected chi connectivity index (χ2v) is 4.87. The van der Waals surface area contributed by atoms with Crippen molar-refractivity contribution in [2.24, 2.45) is 0 Å². The van der Waals surface area contributed by atoms with Crippen LogP contribution < -0.4 is 4.74 Å². The summed E-state index contributed by atoms with van der Waals surface area (Å²) < 4.78 is 10.8. The number of rotatable bonds is 4. The van der Waals surface area contributed by atoms with Gasteiger partial charge in [-0.2, -0.15) is 0 Å². The molecule has 0 saturated heterocycles. The highest BCUT2D eigenvalue weighted by Gasteiger charge is 2.23. The number of carbonyl (C=O) groups excluding carboxylic acids is 1. The van der Waals surface area contributed by atoms with Gasteiger partial charge in [-0.15, -0.1) is 0 Å². The molecule has 0 fully saturated rings. The Hall–Kier alpha value is -2.01. The molecule has 0 aliphatic heterocycles. The fourth-order valence-corrected chi connectivity index (χ4v) is 2.01. The summed E-state index contributed by atoms with van der Waals surface area (Å²) in [6.07, 6.45) is 0. The number of aryl methyl sites for hydroxylation is 1. The number of aliphatic hydroxyl groups is 1. The predicted molar refractivity (Wildman–Crippen MR) is 76.1 cm³/mol. The first-order valence-electron chi connectivity index (χ1n) is 6.44. The van der Waals surface area contributed by atoms with Crippen molar-refractivity contribution < 1.29 is 19.1 Å². The number of furan rings is 1. The lowest BCUT2D eigenvalue weighted by Crippen LogP contribution is -2.37. The highest BCUT2D eigenvalue weighted by atomic mass is 16.5. The van der Waals surface area contributed by atoms with Gasteiger partial charge in [0.25, 0.3) is 5.91 Å².